The van der Waals surface area contributed by atoms with Crippen LogP contribution in [0, 0.1) is 0 Å². The summed E-state index contributed by atoms with van der Waals surface area (Å²) in [5.74, 6) is 0. The van der Waals surface area contributed by atoms with Crippen LogP contribution in [-0.2, 0) is 18.3 Å². The lowest BCUT2D eigenvalue weighted by molar-refractivity contribution is -0.0919. The van der Waals surface area contributed by atoms with Gasteiger partial charge in [0.05, 0.1) is 6.61 Å². The number of hydrogen-bond donors (Lipinski definition) is 3. The Balaban J connectivity index is 2.11. The molecule has 0 aromatic carbocycles. The molecule has 0 saturated carbocycles. The lowest BCUT2D eigenvalue weighted by Crippen LogP contribution is -2.33. The summed E-state index contributed by atoms with van der Waals surface area (Å²) in [7, 11) is -4.06. The Morgan fingerprint density at radius 1 is 1.38 bits per heavy atom. The first-order chi connectivity index (χ1) is 6.03. The second-order valence-electron chi connectivity index (χ2n) is 2.86. The van der Waals surface area contributed by atoms with Crippen molar-refractivity contribution in [3.63, 3.8) is 0 Å². The van der Waals surface area contributed by atoms with Gasteiger partial charge in [0.2, 0.25) is 0 Å². The Hall–Kier alpha value is -0.0100. The fraction of sp³-hybridized carbons (Fsp3) is 1.00. The molecule has 5 atom stereocenters. The molecule has 0 aromatic rings. The van der Waals surface area contributed by atoms with Crippen LogP contribution in [0.1, 0.15) is 0 Å². The van der Waals surface area contributed by atoms with Gasteiger partial charge < -0.3 is 19.8 Å². The summed E-state index contributed by atoms with van der Waals surface area (Å²) in [6, 6.07) is 0. The van der Waals surface area contributed by atoms with Gasteiger partial charge >= 0.3 is 7.82 Å². The average Bonchev–Trinajstić information content (AvgIpc) is 2.47. The lowest BCUT2D eigenvalue weighted by Gasteiger charge is -2.13. The van der Waals surface area contributed by atoms with Gasteiger partial charge in [-0.25, -0.2) is 4.57 Å². The van der Waals surface area contributed by atoms with E-state index in [1.54, 1.807) is 0 Å². The van der Waals surface area contributed by atoms with E-state index in [9.17, 15) is 9.67 Å². The summed E-state index contributed by atoms with van der Waals surface area (Å²) in [4.78, 5) is 8.83. The van der Waals surface area contributed by atoms with Crippen LogP contribution in [0.5, 0.6) is 0 Å². The number of phosphoric acid groups is 1. The molecule has 13 heavy (non-hydrogen) atoms. The minimum absolute atomic E-state index is 0.392. The monoisotopic (exact) mass is 212 g/mol. The van der Waals surface area contributed by atoms with Gasteiger partial charge in [0.25, 0.3) is 0 Å². The van der Waals surface area contributed by atoms with Crippen molar-refractivity contribution >= 4 is 7.82 Å². The second-order valence-corrected chi connectivity index (χ2v) is 4.22. The number of hydrogen-bond acceptors (Lipinski definition) is 6. The number of phosphoric ester groups is 1. The first kappa shape index (κ1) is 9.54. The number of rotatable bonds is 1. The minimum atomic E-state index is -4.06. The standard InChI is InChI=1S/C5H9O7P/c6-1-2-3(7)4-5(10-2)12-13(8,9)11-4/h2-7H,1H2,(H,8,9)/t2-,3-,4-,5-/m1/s1. The second kappa shape index (κ2) is 2.99. The summed E-state index contributed by atoms with van der Waals surface area (Å²) >= 11 is 0. The van der Waals surface area contributed by atoms with E-state index in [0.29, 0.717) is 0 Å². The predicted octanol–water partition coefficient (Wildman–Crippen LogP) is -1.42. The Kier molecular flexibility index (Phi) is 2.20. The summed E-state index contributed by atoms with van der Waals surface area (Å²) in [6.45, 7) is -0.392. The van der Waals surface area contributed by atoms with Crippen LogP contribution in [0.25, 0.3) is 0 Å². The first-order valence-corrected chi connectivity index (χ1v) is 5.17. The van der Waals surface area contributed by atoms with Crippen molar-refractivity contribution in [2.75, 3.05) is 6.61 Å². The maximum absolute atomic E-state index is 10.8. The highest BCUT2D eigenvalue weighted by molar-refractivity contribution is 7.47. The number of aliphatic hydroxyl groups is 2. The van der Waals surface area contributed by atoms with Crippen molar-refractivity contribution in [1.82, 2.24) is 0 Å². The normalized spacial score (nSPS) is 55.3. The zero-order valence-electron chi connectivity index (χ0n) is 6.44. The van der Waals surface area contributed by atoms with E-state index in [1.165, 1.54) is 0 Å². The fourth-order valence-electron chi connectivity index (χ4n) is 1.36. The molecule has 2 aliphatic heterocycles. The van der Waals surface area contributed by atoms with E-state index in [0.717, 1.165) is 0 Å². The van der Waals surface area contributed by atoms with Gasteiger partial charge in [-0.05, 0) is 0 Å². The van der Waals surface area contributed by atoms with Crippen LogP contribution in [0.15, 0.2) is 0 Å². The van der Waals surface area contributed by atoms with Crippen molar-refractivity contribution in [2.24, 2.45) is 0 Å². The van der Waals surface area contributed by atoms with Crippen molar-refractivity contribution < 1.29 is 33.5 Å². The molecule has 0 aromatic heterocycles. The largest absolute Gasteiger partial charge is 0.475 e. The quantitative estimate of drug-likeness (QED) is 0.458. The third kappa shape index (κ3) is 1.53. The van der Waals surface area contributed by atoms with Crippen LogP contribution in [0.3, 0.4) is 0 Å². The van der Waals surface area contributed by atoms with Gasteiger partial charge in [0, 0.05) is 0 Å². The molecule has 2 aliphatic rings. The highest BCUT2D eigenvalue weighted by Crippen LogP contribution is 2.55. The van der Waals surface area contributed by atoms with Crippen LogP contribution in [-0.4, -0.2) is 46.3 Å². The molecule has 0 amide bonds. The van der Waals surface area contributed by atoms with Crippen LogP contribution >= 0.6 is 7.82 Å². The minimum Gasteiger partial charge on any atom is -0.394 e. The van der Waals surface area contributed by atoms with Gasteiger partial charge in [-0.2, -0.15) is 0 Å². The molecule has 0 bridgehead atoms. The van der Waals surface area contributed by atoms with E-state index < -0.39 is 39.0 Å². The number of ether oxygens (including phenoxy) is 1. The Labute approximate surface area is 73.5 Å². The van der Waals surface area contributed by atoms with Crippen molar-refractivity contribution in [3.8, 4) is 0 Å². The third-order valence-corrected chi connectivity index (χ3v) is 2.95. The van der Waals surface area contributed by atoms with E-state index in [2.05, 4.69) is 9.05 Å². The Morgan fingerprint density at radius 3 is 2.62 bits per heavy atom. The van der Waals surface area contributed by atoms with E-state index >= 15 is 0 Å². The average molecular weight is 212 g/mol. The third-order valence-electron chi connectivity index (χ3n) is 1.97. The maximum Gasteiger partial charge on any atom is 0.475 e. The van der Waals surface area contributed by atoms with Crippen LogP contribution in [0.4, 0.5) is 0 Å². The molecule has 0 aliphatic carbocycles. The van der Waals surface area contributed by atoms with Gasteiger partial charge in [-0.15, -0.1) is 0 Å². The molecule has 0 spiro atoms. The van der Waals surface area contributed by atoms with Crippen LogP contribution < -0.4 is 0 Å². The highest BCUT2D eigenvalue weighted by atomic mass is 31.2. The molecule has 2 fully saturated rings. The van der Waals surface area contributed by atoms with E-state index in [4.69, 9.17) is 14.7 Å². The first-order valence-electron chi connectivity index (χ1n) is 3.67. The maximum atomic E-state index is 10.8. The molecule has 8 heteroatoms. The Bertz CT molecular complexity index is 255. The van der Waals surface area contributed by atoms with Crippen LogP contribution in [0.2, 0.25) is 0 Å². The van der Waals surface area contributed by atoms with Gasteiger partial charge in [0.15, 0.2) is 6.29 Å². The molecular weight excluding hydrogens is 203 g/mol. The molecule has 1 unspecified atom stereocenters. The summed E-state index contributed by atoms with van der Waals surface area (Å²) < 4.78 is 24.7. The summed E-state index contributed by atoms with van der Waals surface area (Å²) in [6.07, 6.45) is -4.02. The van der Waals surface area contributed by atoms with E-state index in [1.807, 2.05) is 0 Å². The van der Waals surface area contributed by atoms with E-state index in [-0.39, 0.29) is 0 Å². The zero-order valence-corrected chi connectivity index (χ0v) is 7.33. The topological polar surface area (TPSA) is 105 Å². The van der Waals surface area contributed by atoms with Crippen molar-refractivity contribution in [2.45, 2.75) is 24.6 Å². The fourth-order valence-corrected chi connectivity index (χ4v) is 2.37. The molecule has 0 radical (unpaired) electrons. The smallest absolute Gasteiger partial charge is 0.394 e. The number of fused-ring (bicyclic) bond motifs is 1. The van der Waals surface area contributed by atoms with Crippen molar-refractivity contribution in [1.29, 1.82) is 0 Å². The SMILES string of the molecule is O=P1(O)O[C@H]2O[C@H](CO)[C@@H](O)[C@H]2O1. The molecule has 3 N–H and O–H groups in total. The number of aliphatic hydroxyl groups excluding tert-OH is 2. The van der Waals surface area contributed by atoms with Gasteiger partial charge in [-0.3, -0.25) is 9.05 Å². The summed E-state index contributed by atoms with van der Waals surface area (Å²) in [5.41, 5.74) is 0. The summed E-state index contributed by atoms with van der Waals surface area (Å²) in [5, 5.41) is 18.1. The lowest BCUT2D eigenvalue weighted by atomic mass is 10.1. The predicted molar refractivity (Wildman–Crippen MR) is 37.5 cm³/mol. The molecule has 76 valence electrons. The molecule has 2 saturated heterocycles. The Morgan fingerprint density at radius 2 is 2.08 bits per heavy atom. The molecule has 2 heterocycles. The molecular formula is C5H9O7P. The van der Waals surface area contributed by atoms with Gasteiger partial charge in [-0.1, -0.05) is 0 Å². The molecule has 7 nitrogen and oxygen atoms in total. The zero-order chi connectivity index (χ0) is 9.64. The molecule has 2 rings (SSSR count). The van der Waals surface area contributed by atoms with Crippen molar-refractivity contribution in [3.05, 3.63) is 0 Å². The highest BCUT2D eigenvalue weighted by Gasteiger charge is 2.55. The van der Waals surface area contributed by atoms with Gasteiger partial charge in [0.1, 0.15) is 18.3 Å².